The van der Waals surface area contributed by atoms with Crippen molar-refractivity contribution in [3.8, 4) is 22.8 Å². The minimum absolute atomic E-state index is 0.0379. The van der Waals surface area contributed by atoms with E-state index in [1.807, 2.05) is 19.9 Å². The number of pyridine rings is 1. The standard InChI is InChI=1S/C15H15F2NO2/c1-10(2)19-12-6-3-5-11(9-12)13-7-4-8-18-14(13)20-15(16)17/h3-10,15H,1-2H3. The van der Waals surface area contributed by atoms with Crippen LogP contribution >= 0.6 is 0 Å². The second-order valence-electron chi connectivity index (χ2n) is 4.43. The molecule has 0 spiro atoms. The van der Waals surface area contributed by atoms with Crippen LogP contribution in [0.15, 0.2) is 42.6 Å². The van der Waals surface area contributed by atoms with E-state index in [0.29, 0.717) is 16.9 Å². The highest BCUT2D eigenvalue weighted by molar-refractivity contribution is 5.69. The first-order valence-electron chi connectivity index (χ1n) is 6.23. The monoisotopic (exact) mass is 279 g/mol. The molecule has 0 saturated carbocycles. The Labute approximate surface area is 116 Å². The van der Waals surface area contributed by atoms with Crippen LogP contribution in [-0.4, -0.2) is 17.7 Å². The van der Waals surface area contributed by atoms with Crippen molar-refractivity contribution >= 4 is 0 Å². The Morgan fingerprint density at radius 2 is 1.85 bits per heavy atom. The first kappa shape index (κ1) is 14.2. The minimum Gasteiger partial charge on any atom is -0.491 e. The van der Waals surface area contributed by atoms with Crippen LogP contribution in [0, 0.1) is 0 Å². The number of hydrogen-bond donors (Lipinski definition) is 0. The van der Waals surface area contributed by atoms with Gasteiger partial charge in [0.05, 0.1) is 6.10 Å². The molecule has 0 aliphatic heterocycles. The van der Waals surface area contributed by atoms with Crippen molar-refractivity contribution in [2.45, 2.75) is 26.6 Å². The molecule has 0 fully saturated rings. The van der Waals surface area contributed by atoms with Gasteiger partial charge in [-0.15, -0.1) is 0 Å². The van der Waals surface area contributed by atoms with Crippen molar-refractivity contribution in [2.24, 2.45) is 0 Å². The lowest BCUT2D eigenvalue weighted by Gasteiger charge is -2.12. The van der Waals surface area contributed by atoms with Gasteiger partial charge in [-0.25, -0.2) is 4.98 Å². The highest BCUT2D eigenvalue weighted by Crippen LogP contribution is 2.31. The largest absolute Gasteiger partial charge is 0.491 e. The highest BCUT2D eigenvalue weighted by atomic mass is 19.3. The summed E-state index contributed by atoms with van der Waals surface area (Å²) in [5, 5.41) is 0. The average molecular weight is 279 g/mol. The fourth-order valence-electron chi connectivity index (χ4n) is 1.80. The molecule has 2 aromatic rings. The number of nitrogens with zero attached hydrogens (tertiary/aromatic N) is 1. The number of rotatable bonds is 5. The second kappa shape index (κ2) is 6.32. The van der Waals surface area contributed by atoms with Crippen molar-refractivity contribution < 1.29 is 18.3 Å². The van der Waals surface area contributed by atoms with Gasteiger partial charge in [0.1, 0.15) is 5.75 Å². The van der Waals surface area contributed by atoms with Gasteiger partial charge in [-0.3, -0.25) is 0 Å². The van der Waals surface area contributed by atoms with Gasteiger partial charge < -0.3 is 9.47 Å². The van der Waals surface area contributed by atoms with Crippen LogP contribution in [0.25, 0.3) is 11.1 Å². The lowest BCUT2D eigenvalue weighted by molar-refractivity contribution is -0.0524. The van der Waals surface area contributed by atoms with Crippen LogP contribution in [0.4, 0.5) is 8.78 Å². The van der Waals surface area contributed by atoms with Crippen LogP contribution in [0.3, 0.4) is 0 Å². The number of halogens is 2. The molecule has 20 heavy (non-hydrogen) atoms. The van der Waals surface area contributed by atoms with Crippen LogP contribution in [0.1, 0.15) is 13.8 Å². The van der Waals surface area contributed by atoms with Gasteiger partial charge in [-0.1, -0.05) is 12.1 Å². The highest BCUT2D eigenvalue weighted by Gasteiger charge is 2.12. The van der Waals surface area contributed by atoms with E-state index in [0.717, 1.165) is 0 Å². The van der Waals surface area contributed by atoms with E-state index in [1.165, 1.54) is 6.20 Å². The van der Waals surface area contributed by atoms with E-state index >= 15 is 0 Å². The molecule has 1 aromatic carbocycles. The summed E-state index contributed by atoms with van der Waals surface area (Å²) in [6.07, 6.45) is 1.45. The Kier molecular flexibility index (Phi) is 4.50. The number of benzene rings is 1. The lowest BCUT2D eigenvalue weighted by Crippen LogP contribution is -2.06. The first-order valence-corrected chi connectivity index (χ1v) is 6.23. The summed E-state index contributed by atoms with van der Waals surface area (Å²) >= 11 is 0. The molecule has 1 aromatic heterocycles. The van der Waals surface area contributed by atoms with E-state index in [1.54, 1.807) is 30.3 Å². The Hall–Kier alpha value is -2.17. The summed E-state index contributed by atoms with van der Waals surface area (Å²) in [5.41, 5.74) is 1.22. The summed E-state index contributed by atoms with van der Waals surface area (Å²) in [7, 11) is 0. The SMILES string of the molecule is CC(C)Oc1cccc(-c2cccnc2OC(F)F)c1. The van der Waals surface area contributed by atoms with Gasteiger partial charge in [0.15, 0.2) is 0 Å². The minimum atomic E-state index is -2.90. The maximum Gasteiger partial charge on any atom is 0.388 e. The summed E-state index contributed by atoms with van der Waals surface area (Å²) in [6, 6.07) is 10.5. The van der Waals surface area contributed by atoms with E-state index in [2.05, 4.69) is 9.72 Å². The van der Waals surface area contributed by atoms with Crippen molar-refractivity contribution in [3.05, 3.63) is 42.6 Å². The number of aromatic nitrogens is 1. The average Bonchev–Trinajstić information content (AvgIpc) is 2.38. The lowest BCUT2D eigenvalue weighted by atomic mass is 10.1. The fraction of sp³-hybridized carbons (Fsp3) is 0.267. The summed E-state index contributed by atoms with van der Waals surface area (Å²) in [4.78, 5) is 3.84. The van der Waals surface area contributed by atoms with Crippen LogP contribution in [0.2, 0.25) is 0 Å². The summed E-state index contributed by atoms with van der Waals surface area (Å²) in [5.74, 6) is 0.577. The van der Waals surface area contributed by atoms with Crippen molar-refractivity contribution in [1.82, 2.24) is 4.98 Å². The molecule has 0 atom stereocenters. The van der Waals surface area contributed by atoms with Gasteiger partial charge in [0.2, 0.25) is 5.88 Å². The molecule has 0 aliphatic rings. The Morgan fingerprint density at radius 1 is 1.05 bits per heavy atom. The molecule has 0 bridgehead atoms. The topological polar surface area (TPSA) is 31.4 Å². The fourth-order valence-corrected chi connectivity index (χ4v) is 1.80. The quantitative estimate of drug-likeness (QED) is 0.824. The van der Waals surface area contributed by atoms with Crippen molar-refractivity contribution in [1.29, 1.82) is 0 Å². The Bertz CT molecular complexity index is 573. The number of ether oxygens (including phenoxy) is 2. The van der Waals surface area contributed by atoms with Gasteiger partial charge in [-0.05, 0) is 43.7 Å². The van der Waals surface area contributed by atoms with Gasteiger partial charge in [0.25, 0.3) is 0 Å². The molecule has 3 nitrogen and oxygen atoms in total. The zero-order chi connectivity index (χ0) is 14.5. The molecule has 0 aliphatic carbocycles. The maximum absolute atomic E-state index is 12.4. The third-order valence-electron chi connectivity index (χ3n) is 2.49. The second-order valence-corrected chi connectivity index (χ2v) is 4.43. The van der Waals surface area contributed by atoms with Crippen LogP contribution in [-0.2, 0) is 0 Å². The molecular weight excluding hydrogens is 264 g/mol. The molecule has 0 radical (unpaired) electrons. The molecule has 2 rings (SSSR count). The van der Waals surface area contributed by atoms with Gasteiger partial charge in [-0.2, -0.15) is 8.78 Å². The van der Waals surface area contributed by atoms with Gasteiger partial charge in [0, 0.05) is 11.8 Å². The number of hydrogen-bond acceptors (Lipinski definition) is 3. The summed E-state index contributed by atoms with van der Waals surface area (Å²) in [6.45, 7) is 0.934. The molecular formula is C15H15F2NO2. The van der Waals surface area contributed by atoms with E-state index in [9.17, 15) is 8.78 Å². The third kappa shape index (κ3) is 3.66. The zero-order valence-electron chi connectivity index (χ0n) is 11.2. The van der Waals surface area contributed by atoms with Crippen LogP contribution < -0.4 is 9.47 Å². The van der Waals surface area contributed by atoms with Crippen molar-refractivity contribution in [2.75, 3.05) is 0 Å². The number of alkyl halides is 2. The normalized spacial score (nSPS) is 10.9. The predicted octanol–water partition coefficient (Wildman–Crippen LogP) is 4.14. The molecule has 5 heteroatoms. The maximum atomic E-state index is 12.4. The molecule has 1 heterocycles. The zero-order valence-corrected chi connectivity index (χ0v) is 11.2. The third-order valence-corrected chi connectivity index (χ3v) is 2.49. The van der Waals surface area contributed by atoms with E-state index in [-0.39, 0.29) is 12.0 Å². The molecule has 0 saturated heterocycles. The Morgan fingerprint density at radius 3 is 2.55 bits per heavy atom. The van der Waals surface area contributed by atoms with E-state index < -0.39 is 6.61 Å². The smallest absolute Gasteiger partial charge is 0.388 e. The summed E-state index contributed by atoms with van der Waals surface area (Å²) < 4.78 is 34.8. The van der Waals surface area contributed by atoms with Crippen LogP contribution in [0.5, 0.6) is 11.6 Å². The first-order chi connectivity index (χ1) is 9.56. The molecule has 0 unspecified atom stereocenters. The van der Waals surface area contributed by atoms with Gasteiger partial charge >= 0.3 is 6.61 Å². The molecule has 0 N–H and O–H groups in total. The molecule has 0 amide bonds. The Balaban J connectivity index is 2.36. The molecule has 106 valence electrons. The predicted molar refractivity (Wildman–Crippen MR) is 72.1 cm³/mol. The van der Waals surface area contributed by atoms with E-state index in [4.69, 9.17) is 4.74 Å². The van der Waals surface area contributed by atoms with Crippen molar-refractivity contribution in [3.63, 3.8) is 0 Å².